The van der Waals surface area contributed by atoms with E-state index in [0.717, 1.165) is 25.7 Å². The van der Waals surface area contributed by atoms with Crippen molar-refractivity contribution in [3.05, 3.63) is 47.5 Å². The summed E-state index contributed by atoms with van der Waals surface area (Å²) < 4.78 is 39.0. The van der Waals surface area contributed by atoms with Gasteiger partial charge in [0.25, 0.3) is 0 Å². The normalized spacial score (nSPS) is 16.5. The number of nitrogens with zero attached hydrogens (tertiary/aromatic N) is 1. The topological polar surface area (TPSA) is 102 Å². The van der Waals surface area contributed by atoms with Gasteiger partial charge in [0.2, 0.25) is 15.9 Å². The molecule has 1 saturated heterocycles. The zero-order valence-electron chi connectivity index (χ0n) is 19.3. The van der Waals surface area contributed by atoms with E-state index < -0.39 is 10.0 Å². The molecule has 0 bridgehead atoms. The highest BCUT2D eigenvalue weighted by molar-refractivity contribution is 7.89. The van der Waals surface area contributed by atoms with E-state index >= 15 is 0 Å². The molecule has 8 nitrogen and oxygen atoms in total. The fourth-order valence-electron chi connectivity index (χ4n) is 4.19. The molecule has 0 spiro atoms. The number of Topliss-reactive ketones (excluding diaryl/α,β-unsaturated/α-hetero) is 1. The van der Waals surface area contributed by atoms with Crippen molar-refractivity contribution in [1.29, 1.82) is 0 Å². The maximum Gasteiger partial charge on any atom is 0.243 e. The molecule has 0 aliphatic carbocycles. The average Bonchev–Trinajstić information content (AvgIpc) is 3.14. The fourth-order valence-corrected chi connectivity index (χ4v) is 5.96. The molecule has 0 aromatic heterocycles. The van der Waals surface area contributed by atoms with Crippen LogP contribution >= 0.6 is 0 Å². The zero-order valence-corrected chi connectivity index (χ0v) is 20.2. The van der Waals surface area contributed by atoms with Crippen LogP contribution in [0.25, 0.3) is 0 Å². The molecule has 4 rings (SSSR count). The van der Waals surface area contributed by atoms with Gasteiger partial charge in [0.1, 0.15) is 13.2 Å². The van der Waals surface area contributed by atoms with Gasteiger partial charge in [-0.15, -0.1) is 0 Å². The van der Waals surface area contributed by atoms with Crippen LogP contribution in [0.15, 0.2) is 41.3 Å². The van der Waals surface area contributed by atoms with Crippen LogP contribution < -0.4 is 14.8 Å². The van der Waals surface area contributed by atoms with Crippen LogP contribution in [0.5, 0.6) is 11.5 Å². The predicted molar refractivity (Wildman–Crippen MR) is 128 cm³/mol. The number of sulfonamides is 1. The first-order chi connectivity index (χ1) is 16.3. The number of fused-ring (bicyclic) bond motifs is 1. The van der Waals surface area contributed by atoms with Crippen molar-refractivity contribution in [1.82, 2.24) is 4.31 Å². The van der Waals surface area contributed by atoms with Gasteiger partial charge in [-0.2, -0.15) is 4.31 Å². The van der Waals surface area contributed by atoms with E-state index in [0.29, 0.717) is 54.6 Å². The molecule has 9 heteroatoms. The molecule has 2 aromatic carbocycles. The third kappa shape index (κ3) is 5.59. The summed E-state index contributed by atoms with van der Waals surface area (Å²) in [7, 11) is -3.64. The van der Waals surface area contributed by atoms with Gasteiger partial charge < -0.3 is 14.8 Å². The highest BCUT2D eigenvalue weighted by Crippen LogP contribution is 2.31. The molecule has 2 aliphatic rings. The molecule has 34 heavy (non-hydrogen) atoms. The molecule has 0 radical (unpaired) electrons. The number of hydrogen-bond donors (Lipinski definition) is 1. The van der Waals surface area contributed by atoms with Crippen molar-refractivity contribution in [2.45, 2.75) is 50.3 Å². The highest BCUT2D eigenvalue weighted by Gasteiger charge is 2.27. The Balaban J connectivity index is 1.39. The lowest BCUT2D eigenvalue weighted by Crippen LogP contribution is -2.32. The Labute approximate surface area is 200 Å². The van der Waals surface area contributed by atoms with Gasteiger partial charge in [-0.1, -0.05) is 18.9 Å². The van der Waals surface area contributed by atoms with Crippen molar-refractivity contribution in [3.8, 4) is 11.5 Å². The van der Waals surface area contributed by atoms with Gasteiger partial charge in [-0.05, 0) is 55.7 Å². The van der Waals surface area contributed by atoms with Gasteiger partial charge in [-0.3, -0.25) is 9.59 Å². The van der Waals surface area contributed by atoms with E-state index in [2.05, 4.69) is 5.32 Å². The van der Waals surface area contributed by atoms with Gasteiger partial charge in [0.05, 0.1) is 4.90 Å². The van der Waals surface area contributed by atoms with Crippen molar-refractivity contribution in [2.75, 3.05) is 31.6 Å². The van der Waals surface area contributed by atoms with Crippen LogP contribution in [-0.2, 0) is 14.8 Å². The summed E-state index contributed by atoms with van der Waals surface area (Å²) in [5.41, 5.74) is 1.49. The molecular formula is C25H30N2O6S. The minimum atomic E-state index is -3.64. The molecule has 2 aromatic rings. The molecular weight excluding hydrogens is 456 g/mol. The predicted octanol–water partition coefficient (Wildman–Crippen LogP) is 3.93. The molecule has 0 unspecified atom stereocenters. The number of nitrogens with one attached hydrogen (secondary N) is 1. The van der Waals surface area contributed by atoms with Gasteiger partial charge in [0.15, 0.2) is 17.3 Å². The van der Waals surface area contributed by atoms with Crippen LogP contribution in [0.2, 0.25) is 0 Å². The number of hydrogen-bond acceptors (Lipinski definition) is 6. The monoisotopic (exact) mass is 486 g/mol. The van der Waals surface area contributed by atoms with E-state index in [1.807, 2.05) is 0 Å². The number of ether oxygens (including phenoxy) is 2. The Morgan fingerprint density at radius 2 is 1.62 bits per heavy atom. The van der Waals surface area contributed by atoms with E-state index in [4.69, 9.17) is 9.47 Å². The average molecular weight is 487 g/mol. The Hall–Kier alpha value is -2.91. The van der Waals surface area contributed by atoms with E-state index in [1.54, 1.807) is 41.6 Å². The van der Waals surface area contributed by atoms with Gasteiger partial charge in [-0.25, -0.2) is 8.42 Å². The minimum Gasteiger partial charge on any atom is -0.486 e. The summed E-state index contributed by atoms with van der Waals surface area (Å²) in [6.07, 6.45) is 3.78. The van der Waals surface area contributed by atoms with Crippen LogP contribution in [0, 0.1) is 6.92 Å². The number of carbonyl (C=O) groups excluding carboxylic acids is 2. The maximum absolute atomic E-state index is 13.2. The first-order valence-electron chi connectivity index (χ1n) is 11.7. The summed E-state index contributed by atoms with van der Waals surface area (Å²) in [6.45, 7) is 3.68. The second-order valence-corrected chi connectivity index (χ2v) is 10.5. The maximum atomic E-state index is 13.2. The summed E-state index contributed by atoms with van der Waals surface area (Å²) in [5.74, 6) is 0.596. The number of anilines is 1. The fraction of sp³-hybridized carbons (Fsp3) is 0.440. The Morgan fingerprint density at radius 1 is 0.912 bits per heavy atom. The number of amides is 1. The molecule has 2 heterocycles. The molecule has 1 fully saturated rings. The Morgan fingerprint density at radius 3 is 2.35 bits per heavy atom. The van der Waals surface area contributed by atoms with Crippen molar-refractivity contribution in [3.63, 3.8) is 0 Å². The number of carbonyl (C=O) groups is 2. The third-order valence-corrected chi connectivity index (χ3v) is 8.14. The zero-order chi connectivity index (χ0) is 24.1. The van der Waals surface area contributed by atoms with E-state index in [1.165, 1.54) is 6.07 Å². The number of rotatable bonds is 7. The second-order valence-electron chi connectivity index (χ2n) is 8.63. The third-order valence-electron chi connectivity index (χ3n) is 6.10. The van der Waals surface area contributed by atoms with Crippen molar-refractivity contribution >= 4 is 27.4 Å². The largest absolute Gasteiger partial charge is 0.486 e. The number of aryl methyl sites for hydroxylation is 1. The molecule has 0 atom stereocenters. The minimum absolute atomic E-state index is 0.0185. The number of ketones is 1. The first-order valence-corrected chi connectivity index (χ1v) is 13.1. The quantitative estimate of drug-likeness (QED) is 0.595. The SMILES string of the molecule is Cc1ccc(NC(=O)CCC(=O)c2ccc3c(c2)OCCO3)cc1S(=O)(=O)N1CCCCCC1. The van der Waals surface area contributed by atoms with Crippen LogP contribution in [-0.4, -0.2) is 50.7 Å². The van der Waals surface area contributed by atoms with Gasteiger partial charge in [0, 0.05) is 37.2 Å². The summed E-state index contributed by atoms with van der Waals surface area (Å²) in [4.78, 5) is 25.3. The molecule has 2 aliphatic heterocycles. The van der Waals surface area contributed by atoms with E-state index in [-0.39, 0.29) is 29.4 Å². The lowest BCUT2D eigenvalue weighted by molar-refractivity contribution is -0.116. The second kappa shape index (κ2) is 10.6. The molecule has 1 amide bonds. The smallest absolute Gasteiger partial charge is 0.243 e. The van der Waals surface area contributed by atoms with Crippen LogP contribution in [0.4, 0.5) is 5.69 Å². The first kappa shape index (κ1) is 24.2. The van der Waals surface area contributed by atoms with Crippen molar-refractivity contribution < 1.29 is 27.5 Å². The lowest BCUT2D eigenvalue weighted by Gasteiger charge is -2.21. The molecule has 1 N–H and O–H groups in total. The summed E-state index contributed by atoms with van der Waals surface area (Å²) >= 11 is 0. The van der Waals surface area contributed by atoms with Crippen LogP contribution in [0.1, 0.15) is 54.4 Å². The Kier molecular flexibility index (Phi) is 7.53. The lowest BCUT2D eigenvalue weighted by atomic mass is 10.1. The standard InChI is InChI=1S/C25H30N2O6S/c1-18-6-8-20(17-24(18)34(30,31)27-12-4-2-3-5-13-27)26-25(29)11-9-21(28)19-7-10-22-23(16-19)33-15-14-32-22/h6-8,10,16-17H,2-5,9,11-15H2,1H3,(H,26,29). The van der Waals surface area contributed by atoms with Gasteiger partial charge >= 0.3 is 0 Å². The summed E-state index contributed by atoms with van der Waals surface area (Å²) in [6, 6.07) is 9.87. The number of benzene rings is 2. The highest BCUT2D eigenvalue weighted by atomic mass is 32.2. The van der Waals surface area contributed by atoms with E-state index in [9.17, 15) is 18.0 Å². The van der Waals surface area contributed by atoms with Crippen LogP contribution in [0.3, 0.4) is 0 Å². The molecule has 0 saturated carbocycles. The van der Waals surface area contributed by atoms with Crippen molar-refractivity contribution in [2.24, 2.45) is 0 Å². The molecule has 182 valence electrons. The summed E-state index contributed by atoms with van der Waals surface area (Å²) in [5, 5.41) is 2.73. The Bertz CT molecular complexity index is 1170.